The summed E-state index contributed by atoms with van der Waals surface area (Å²) >= 11 is 0. The summed E-state index contributed by atoms with van der Waals surface area (Å²) in [6.45, 7) is 5.61. The van der Waals surface area contributed by atoms with Crippen molar-refractivity contribution in [3.05, 3.63) is 11.8 Å². The van der Waals surface area contributed by atoms with Crippen molar-refractivity contribution < 1.29 is 18.3 Å². The molecule has 0 saturated carbocycles. The van der Waals surface area contributed by atoms with E-state index in [-0.39, 0.29) is 12.7 Å². The number of rotatable bonds is 8. The molecule has 0 radical (unpaired) electrons. The van der Waals surface area contributed by atoms with Crippen molar-refractivity contribution in [1.82, 2.24) is 9.97 Å². The van der Waals surface area contributed by atoms with Crippen molar-refractivity contribution in [3.8, 4) is 5.88 Å². The van der Waals surface area contributed by atoms with E-state index in [9.17, 15) is 8.78 Å². The van der Waals surface area contributed by atoms with Crippen LogP contribution in [0.1, 0.15) is 19.5 Å². The Balaban J connectivity index is 2.42. The summed E-state index contributed by atoms with van der Waals surface area (Å²) in [4.78, 5) is 8.33. The molecule has 0 spiro atoms. The van der Waals surface area contributed by atoms with Gasteiger partial charge in [-0.3, -0.25) is 0 Å². The highest BCUT2D eigenvalue weighted by atomic mass is 19.3. The number of hydrogen-bond acceptors (Lipinski definition) is 5. The Labute approximate surface area is 111 Å². The third kappa shape index (κ3) is 6.85. The smallest absolute Gasteiger partial charge is 0.261 e. The maximum Gasteiger partial charge on any atom is 0.261 e. The molecule has 0 saturated heterocycles. The molecule has 1 rings (SSSR count). The van der Waals surface area contributed by atoms with Gasteiger partial charge in [0.2, 0.25) is 11.8 Å². The van der Waals surface area contributed by atoms with Gasteiger partial charge in [0.25, 0.3) is 6.43 Å². The summed E-state index contributed by atoms with van der Waals surface area (Å²) < 4.78 is 33.9. The number of ether oxygens (including phenoxy) is 2. The van der Waals surface area contributed by atoms with Crippen LogP contribution >= 0.6 is 0 Å². The molecule has 0 aromatic carbocycles. The van der Waals surface area contributed by atoms with Crippen molar-refractivity contribution in [2.45, 2.75) is 33.3 Å². The molecule has 0 fully saturated rings. The highest BCUT2D eigenvalue weighted by molar-refractivity contribution is 5.30. The van der Waals surface area contributed by atoms with Crippen molar-refractivity contribution in [2.75, 3.05) is 25.1 Å². The molecule has 19 heavy (non-hydrogen) atoms. The molecule has 0 bridgehead atoms. The molecular formula is C12H19F2N3O2. The van der Waals surface area contributed by atoms with E-state index in [1.807, 2.05) is 20.8 Å². The monoisotopic (exact) mass is 275 g/mol. The van der Waals surface area contributed by atoms with Gasteiger partial charge in [0.1, 0.15) is 6.61 Å². The average molecular weight is 275 g/mol. The number of halogens is 2. The van der Waals surface area contributed by atoms with Gasteiger partial charge < -0.3 is 14.8 Å². The molecule has 5 nitrogen and oxygen atoms in total. The van der Waals surface area contributed by atoms with E-state index in [0.717, 1.165) is 5.69 Å². The van der Waals surface area contributed by atoms with Crippen LogP contribution in [0.25, 0.3) is 0 Å². The lowest BCUT2D eigenvalue weighted by molar-refractivity contribution is 0.0214. The first-order valence-electron chi connectivity index (χ1n) is 6.09. The molecule has 1 heterocycles. The fourth-order valence-electron chi connectivity index (χ4n) is 1.33. The second-order valence-electron chi connectivity index (χ2n) is 4.23. The molecular weight excluding hydrogens is 256 g/mol. The minimum Gasteiger partial charge on any atom is -0.475 e. The maximum atomic E-state index is 11.8. The summed E-state index contributed by atoms with van der Waals surface area (Å²) in [7, 11) is 0. The maximum absolute atomic E-state index is 11.8. The topological polar surface area (TPSA) is 56.3 Å². The van der Waals surface area contributed by atoms with E-state index in [0.29, 0.717) is 18.4 Å². The van der Waals surface area contributed by atoms with Crippen molar-refractivity contribution in [3.63, 3.8) is 0 Å². The molecule has 1 aromatic heterocycles. The van der Waals surface area contributed by atoms with Crippen LogP contribution in [-0.4, -0.2) is 42.3 Å². The minimum atomic E-state index is -2.44. The summed E-state index contributed by atoms with van der Waals surface area (Å²) in [5.74, 6) is 0.884. The SMILES string of the molecule is Cc1cc(OC(C)C)nc(NCCOCC(F)F)n1. The molecule has 1 aromatic rings. The zero-order chi connectivity index (χ0) is 14.3. The highest BCUT2D eigenvalue weighted by Gasteiger charge is 2.05. The van der Waals surface area contributed by atoms with E-state index >= 15 is 0 Å². The molecule has 0 aliphatic carbocycles. The zero-order valence-corrected chi connectivity index (χ0v) is 11.3. The molecule has 108 valence electrons. The number of anilines is 1. The van der Waals surface area contributed by atoms with E-state index < -0.39 is 13.0 Å². The average Bonchev–Trinajstić information content (AvgIpc) is 2.26. The van der Waals surface area contributed by atoms with E-state index in [1.54, 1.807) is 6.07 Å². The second kappa shape index (κ2) is 7.83. The predicted octanol–water partition coefficient (Wildman–Crippen LogP) is 2.27. The Bertz CT molecular complexity index is 389. The Hall–Kier alpha value is -1.50. The summed E-state index contributed by atoms with van der Waals surface area (Å²) in [5, 5.41) is 2.90. The van der Waals surface area contributed by atoms with Gasteiger partial charge >= 0.3 is 0 Å². The quantitative estimate of drug-likeness (QED) is 0.737. The van der Waals surface area contributed by atoms with Gasteiger partial charge in [-0.05, 0) is 20.8 Å². The van der Waals surface area contributed by atoms with Gasteiger partial charge in [-0.2, -0.15) is 4.98 Å². The molecule has 0 atom stereocenters. The number of aryl methyl sites for hydroxylation is 1. The van der Waals surface area contributed by atoms with Gasteiger partial charge in [0.15, 0.2) is 0 Å². The summed E-state index contributed by atoms with van der Waals surface area (Å²) in [6.07, 6.45) is -2.42. The van der Waals surface area contributed by atoms with Gasteiger partial charge in [-0.15, -0.1) is 0 Å². The van der Waals surface area contributed by atoms with Gasteiger partial charge in [0, 0.05) is 18.3 Å². The first kappa shape index (κ1) is 15.6. The Kier molecular flexibility index (Phi) is 6.41. The first-order chi connectivity index (χ1) is 8.97. The lowest BCUT2D eigenvalue weighted by atomic mass is 10.4. The van der Waals surface area contributed by atoms with Crippen LogP contribution in [-0.2, 0) is 4.74 Å². The van der Waals surface area contributed by atoms with E-state index in [1.165, 1.54) is 0 Å². The minimum absolute atomic E-state index is 0.0246. The third-order valence-electron chi connectivity index (χ3n) is 1.96. The number of hydrogen-bond donors (Lipinski definition) is 1. The summed E-state index contributed by atoms with van der Waals surface area (Å²) in [5.41, 5.74) is 0.765. The van der Waals surface area contributed by atoms with Crippen LogP contribution in [0.15, 0.2) is 6.07 Å². The molecule has 1 N–H and O–H groups in total. The number of alkyl halides is 2. The molecule has 0 aliphatic heterocycles. The molecule has 0 aliphatic rings. The van der Waals surface area contributed by atoms with Crippen LogP contribution in [0.4, 0.5) is 14.7 Å². The van der Waals surface area contributed by atoms with Gasteiger partial charge in [-0.25, -0.2) is 13.8 Å². The van der Waals surface area contributed by atoms with Crippen LogP contribution in [0.2, 0.25) is 0 Å². The van der Waals surface area contributed by atoms with Crippen molar-refractivity contribution >= 4 is 5.95 Å². The van der Waals surface area contributed by atoms with Crippen molar-refractivity contribution in [1.29, 1.82) is 0 Å². The van der Waals surface area contributed by atoms with E-state index in [2.05, 4.69) is 15.3 Å². The fourth-order valence-corrected chi connectivity index (χ4v) is 1.33. The second-order valence-corrected chi connectivity index (χ2v) is 4.23. The van der Waals surface area contributed by atoms with Crippen LogP contribution in [0.5, 0.6) is 5.88 Å². The fraction of sp³-hybridized carbons (Fsp3) is 0.667. The molecule has 7 heteroatoms. The number of aromatic nitrogens is 2. The van der Waals surface area contributed by atoms with Crippen LogP contribution in [0.3, 0.4) is 0 Å². The predicted molar refractivity (Wildman–Crippen MR) is 67.8 cm³/mol. The van der Waals surface area contributed by atoms with Crippen LogP contribution < -0.4 is 10.1 Å². The molecule has 0 amide bonds. The van der Waals surface area contributed by atoms with Crippen LogP contribution in [0, 0.1) is 6.92 Å². The highest BCUT2D eigenvalue weighted by Crippen LogP contribution is 2.13. The Morgan fingerprint density at radius 1 is 1.32 bits per heavy atom. The normalized spacial score (nSPS) is 11.1. The lowest BCUT2D eigenvalue weighted by Crippen LogP contribution is -2.15. The molecule has 0 unspecified atom stereocenters. The standard InChI is InChI=1S/C12H19F2N3O2/c1-8(2)19-11-6-9(3)16-12(17-11)15-4-5-18-7-10(13)14/h6,8,10H,4-5,7H2,1-3H3,(H,15,16,17). The summed E-state index contributed by atoms with van der Waals surface area (Å²) in [6, 6.07) is 1.73. The van der Waals surface area contributed by atoms with Gasteiger partial charge in [0.05, 0.1) is 12.7 Å². The Morgan fingerprint density at radius 2 is 2.05 bits per heavy atom. The zero-order valence-electron chi connectivity index (χ0n) is 11.3. The van der Waals surface area contributed by atoms with Gasteiger partial charge in [-0.1, -0.05) is 0 Å². The lowest BCUT2D eigenvalue weighted by Gasteiger charge is -2.11. The first-order valence-corrected chi connectivity index (χ1v) is 6.09. The number of nitrogens with one attached hydrogen (secondary N) is 1. The largest absolute Gasteiger partial charge is 0.475 e. The van der Waals surface area contributed by atoms with E-state index in [4.69, 9.17) is 9.47 Å². The number of nitrogens with zero attached hydrogens (tertiary/aromatic N) is 2. The van der Waals surface area contributed by atoms with Crippen molar-refractivity contribution in [2.24, 2.45) is 0 Å². The third-order valence-corrected chi connectivity index (χ3v) is 1.96. The Morgan fingerprint density at radius 3 is 2.68 bits per heavy atom.